The van der Waals surface area contributed by atoms with Crippen LogP contribution in [0.4, 0.5) is 5.69 Å². The van der Waals surface area contributed by atoms with Crippen molar-refractivity contribution >= 4 is 5.69 Å². The molecule has 2 aromatic carbocycles. The molecule has 0 spiro atoms. The first-order valence-corrected chi connectivity index (χ1v) is 8.16. The van der Waals surface area contributed by atoms with Crippen molar-refractivity contribution in [2.24, 2.45) is 11.8 Å². The minimum Gasteiger partial charge on any atom is -0.382 e. The smallest absolute Gasteiger partial charge is 0.0342 e. The van der Waals surface area contributed by atoms with Crippen LogP contribution in [0.25, 0.3) is 11.1 Å². The zero-order valence-corrected chi connectivity index (χ0v) is 13.0. The molecule has 21 heavy (non-hydrogen) atoms. The van der Waals surface area contributed by atoms with Gasteiger partial charge >= 0.3 is 0 Å². The van der Waals surface area contributed by atoms with Gasteiger partial charge in [0.2, 0.25) is 0 Å². The van der Waals surface area contributed by atoms with Crippen molar-refractivity contribution in [3.05, 3.63) is 54.6 Å². The largest absolute Gasteiger partial charge is 0.382 e. The molecule has 1 aliphatic carbocycles. The highest BCUT2D eigenvalue weighted by Crippen LogP contribution is 2.32. The maximum absolute atomic E-state index is 3.74. The van der Waals surface area contributed by atoms with Crippen LogP contribution in [-0.2, 0) is 0 Å². The van der Waals surface area contributed by atoms with Gasteiger partial charge in [-0.25, -0.2) is 0 Å². The highest BCUT2D eigenvalue weighted by atomic mass is 14.9. The lowest BCUT2D eigenvalue weighted by Crippen LogP contribution is -2.34. The van der Waals surface area contributed by atoms with Gasteiger partial charge in [-0.05, 0) is 41.5 Å². The van der Waals surface area contributed by atoms with E-state index in [9.17, 15) is 0 Å². The van der Waals surface area contributed by atoms with Crippen molar-refractivity contribution < 1.29 is 0 Å². The Morgan fingerprint density at radius 2 is 1.48 bits per heavy atom. The fourth-order valence-electron chi connectivity index (χ4n) is 3.39. The quantitative estimate of drug-likeness (QED) is 0.772. The molecule has 1 fully saturated rings. The fourth-order valence-corrected chi connectivity index (χ4v) is 3.39. The molecule has 0 saturated heterocycles. The predicted octanol–water partition coefficient (Wildman–Crippen LogP) is 5.59. The molecule has 1 nitrogen and oxygen atoms in total. The van der Waals surface area contributed by atoms with Crippen molar-refractivity contribution in [3.8, 4) is 11.1 Å². The number of rotatable bonds is 3. The van der Waals surface area contributed by atoms with Crippen LogP contribution >= 0.6 is 0 Å². The number of benzene rings is 2. The van der Waals surface area contributed by atoms with Crippen LogP contribution in [0, 0.1) is 11.8 Å². The first-order chi connectivity index (χ1) is 10.2. The molecule has 0 aromatic heterocycles. The van der Waals surface area contributed by atoms with E-state index < -0.39 is 0 Å². The summed E-state index contributed by atoms with van der Waals surface area (Å²) in [5.41, 5.74) is 3.82. The van der Waals surface area contributed by atoms with Crippen LogP contribution in [0.1, 0.15) is 33.1 Å². The van der Waals surface area contributed by atoms with E-state index >= 15 is 0 Å². The Hall–Kier alpha value is -1.76. The van der Waals surface area contributed by atoms with E-state index in [-0.39, 0.29) is 0 Å². The van der Waals surface area contributed by atoms with E-state index in [1.54, 1.807) is 0 Å². The van der Waals surface area contributed by atoms with Crippen LogP contribution in [0.2, 0.25) is 0 Å². The molecule has 110 valence electrons. The van der Waals surface area contributed by atoms with Gasteiger partial charge in [0.1, 0.15) is 0 Å². The first kappa shape index (κ1) is 14.2. The molecule has 2 aromatic rings. The first-order valence-electron chi connectivity index (χ1n) is 8.16. The molecular formula is C20H25N. The number of nitrogens with one attached hydrogen (secondary N) is 1. The summed E-state index contributed by atoms with van der Waals surface area (Å²) in [4.78, 5) is 0. The molecule has 1 saturated carbocycles. The highest BCUT2D eigenvalue weighted by Gasteiger charge is 2.26. The zero-order chi connectivity index (χ0) is 14.7. The van der Waals surface area contributed by atoms with E-state index in [1.165, 1.54) is 36.1 Å². The molecule has 1 N–H and O–H groups in total. The molecule has 1 heteroatoms. The Bertz CT molecular complexity index is 558. The molecule has 0 bridgehead atoms. The van der Waals surface area contributed by atoms with Crippen molar-refractivity contribution in [1.29, 1.82) is 0 Å². The fraction of sp³-hybridized carbons (Fsp3) is 0.400. The van der Waals surface area contributed by atoms with Gasteiger partial charge in [0.25, 0.3) is 0 Å². The molecule has 0 aliphatic heterocycles. The maximum Gasteiger partial charge on any atom is 0.0342 e. The minimum absolute atomic E-state index is 0.622. The summed E-state index contributed by atoms with van der Waals surface area (Å²) in [5, 5.41) is 3.74. The van der Waals surface area contributed by atoms with Crippen LogP contribution in [-0.4, -0.2) is 6.04 Å². The van der Waals surface area contributed by atoms with Crippen LogP contribution in [0.5, 0.6) is 0 Å². The molecular weight excluding hydrogens is 254 g/mol. The third-order valence-corrected chi connectivity index (χ3v) is 5.05. The third-order valence-electron chi connectivity index (χ3n) is 5.05. The second-order valence-electron chi connectivity index (χ2n) is 6.46. The SMILES string of the molecule is CC1CCCC(Nc2ccc(-c3ccccc3)cc2)C1C. The van der Waals surface area contributed by atoms with Crippen molar-refractivity contribution in [2.45, 2.75) is 39.2 Å². The van der Waals surface area contributed by atoms with Crippen molar-refractivity contribution in [2.75, 3.05) is 5.32 Å². The van der Waals surface area contributed by atoms with Crippen LogP contribution in [0.3, 0.4) is 0 Å². The highest BCUT2D eigenvalue weighted by molar-refractivity contribution is 5.65. The second kappa shape index (κ2) is 6.34. The Balaban J connectivity index is 1.70. The summed E-state index contributed by atoms with van der Waals surface area (Å²) in [6, 6.07) is 20.0. The summed E-state index contributed by atoms with van der Waals surface area (Å²) in [7, 11) is 0. The van der Waals surface area contributed by atoms with Gasteiger partial charge in [-0.2, -0.15) is 0 Å². The summed E-state index contributed by atoms with van der Waals surface area (Å²) < 4.78 is 0. The summed E-state index contributed by atoms with van der Waals surface area (Å²) in [6.45, 7) is 4.77. The lowest BCUT2D eigenvalue weighted by Gasteiger charge is -2.35. The van der Waals surface area contributed by atoms with Gasteiger partial charge in [0.05, 0.1) is 0 Å². The van der Waals surface area contributed by atoms with Gasteiger partial charge in [-0.1, -0.05) is 69.2 Å². The normalized spacial score (nSPS) is 25.5. The van der Waals surface area contributed by atoms with Gasteiger partial charge in [0.15, 0.2) is 0 Å². The Morgan fingerprint density at radius 3 is 2.19 bits per heavy atom. The zero-order valence-electron chi connectivity index (χ0n) is 13.0. The molecule has 3 rings (SSSR count). The van der Waals surface area contributed by atoms with E-state index in [2.05, 4.69) is 73.8 Å². The monoisotopic (exact) mass is 279 g/mol. The Morgan fingerprint density at radius 1 is 0.810 bits per heavy atom. The van der Waals surface area contributed by atoms with Gasteiger partial charge in [-0.3, -0.25) is 0 Å². The summed E-state index contributed by atoms with van der Waals surface area (Å²) in [5.74, 6) is 1.59. The average molecular weight is 279 g/mol. The van der Waals surface area contributed by atoms with Crippen LogP contribution in [0.15, 0.2) is 54.6 Å². The second-order valence-corrected chi connectivity index (χ2v) is 6.46. The molecule has 3 atom stereocenters. The summed E-state index contributed by atoms with van der Waals surface area (Å²) in [6.07, 6.45) is 4.03. The summed E-state index contributed by atoms with van der Waals surface area (Å²) >= 11 is 0. The van der Waals surface area contributed by atoms with E-state index in [0.29, 0.717) is 6.04 Å². The topological polar surface area (TPSA) is 12.0 Å². The molecule has 0 heterocycles. The molecule has 3 unspecified atom stereocenters. The van der Waals surface area contributed by atoms with Crippen LogP contribution < -0.4 is 5.32 Å². The van der Waals surface area contributed by atoms with Gasteiger partial charge < -0.3 is 5.32 Å². The lowest BCUT2D eigenvalue weighted by molar-refractivity contribution is 0.253. The Kier molecular flexibility index (Phi) is 4.28. The predicted molar refractivity (Wildman–Crippen MR) is 91.5 cm³/mol. The minimum atomic E-state index is 0.622. The lowest BCUT2D eigenvalue weighted by atomic mass is 9.78. The van der Waals surface area contributed by atoms with E-state index in [0.717, 1.165) is 11.8 Å². The third kappa shape index (κ3) is 3.29. The average Bonchev–Trinajstić information content (AvgIpc) is 2.53. The van der Waals surface area contributed by atoms with E-state index in [4.69, 9.17) is 0 Å². The van der Waals surface area contributed by atoms with Crippen molar-refractivity contribution in [3.63, 3.8) is 0 Å². The van der Waals surface area contributed by atoms with Gasteiger partial charge in [0, 0.05) is 11.7 Å². The van der Waals surface area contributed by atoms with Gasteiger partial charge in [-0.15, -0.1) is 0 Å². The standard InChI is InChI=1S/C20H25N/c1-15-7-6-10-20(16(15)2)21-19-13-11-18(12-14-19)17-8-4-3-5-9-17/h3-5,8-9,11-16,20-21H,6-7,10H2,1-2H3. The number of anilines is 1. The molecule has 0 amide bonds. The number of hydrogen-bond donors (Lipinski definition) is 1. The molecule has 1 aliphatic rings. The number of hydrogen-bond acceptors (Lipinski definition) is 1. The van der Waals surface area contributed by atoms with Crippen molar-refractivity contribution in [1.82, 2.24) is 0 Å². The Labute approximate surface area is 128 Å². The van der Waals surface area contributed by atoms with E-state index in [1.807, 2.05) is 0 Å². The molecule has 0 radical (unpaired) electrons. The maximum atomic E-state index is 3.74.